The summed E-state index contributed by atoms with van der Waals surface area (Å²) >= 11 is 0. The molecule has 0 radical (unpaired) electrons. The summed E-state index contributed by atoms with van der Waals surface area (Å²) < 4.78 is 26.5. The lowest BCUT2D eigenvalue weighted by atomic mass is 9.96. The number of amides is 2. The van der Waals surface area contributed by atoms with Crippen LogP contribution in [0.5, 0.6) is 0 Å². The van der Waals surface area contributed by atoms with Crippen LogP contribution in [-0.2, 0) is 4.79 Å². The molecule has 3 rings (SSSR count). The fourth-order valence-corrected chi connectivity index (χ4v) is 2.95. The van der Waals surface area contributed by atoms with E-state index in [4.69, 9.17) is 0 Å². The number of halogens is 2. The first-order valence-corrected chi connectivity index (χ1v) is 8.06. The van der Waals surface area contributed by atoms with Gasteiger partial charge in [0.05, 0.1) is 5.92 Å². The highest BCUT2D eigenvalue weighted by Crippen LogP contribution is 2.28. The molecule has 0 unspecified atom stereocenters. The van der Waals surface area contributed by atoms with E-state index in [9.17, 15) is 18.4 Å². The Morgan fingerprint density at radius 3 is 2.48 bits per heavy atom. The van der Waals surface area contributed by atoms with E-state index < -0.39 is 17.5 Å². The van der Waals surface area contributed by atoms with Crippen LogP contribution in [0.15, 0.2) is 18.2 Å². The van der Waals surface area contributed by atoms with Gasteiger partial charge in [0.15, 0.2) is 0 Å². The third-order valence-electron chi connectivity index (χ3n) is 4.45. The van der Waals surface area contributed by atoms with Gasteiger partial charge in [0.1, 0.15) is 11.6 Å². The van der Waals surface area contributed by atoms with Crippen LogP contribution in [0.2, 0.25) is 0 Å². The molecule has 1 N–H and O–H groups in total. The molecule has 2 fully saturated rings. The van der Waals surface area contributed by atoms with Gasteiger partial charge in [0.25, 0.3) is 5.91 Å². The van der Waals surface area contributed by atoms with Crippen LogP contribution < -0.4 is 5.32 Å². The first-order chi connectivity index (χ1) is 11.0. The predicted octanol–water partition coefficient (Wildman–Crippen LogP) is 2.34. The van der Waals surface area contributed by atoms with Gasteiger partial charge in [-0.05, 0) is 43.7 Å². The fourth-order valence-electron chi connectivity index (χ4n) is 2.95. The molecule has 4 nitrogen and oxygen atoms in total. The lowest BCUT2D eigenvalue weighted by Crippen LogP contribution is -2.45. The van der Waals surface area contributed by atoms with Crippen molar-refractivity contribution in [1.82, 2.24) is 10.2 Å². The van der Waals surface area contributed by atoms with E-state index in [0.717, 1.165) is 24.6 Å². The monoisotopic (exact) mass is 322 g/mol. The summed E-state index contributed by atoms with van der Waals surface area (Å²) in [6.07, 6.45) is 3.78. The Labute approximate surface area is 133 Å². The van der Waals surface area contributed by atoms with E-state index in [1.807, 2.05) is 0 Å². The molecule has 0 spiro atoms. The molecule has 124 valence electrons. The molecule has 1 aliphatic heterocycles. The number of piperidine rings is 1. The van der Waals surface area contributed by atoms with E-state index in [0.29, 0.717) is 32.0 Å². The third-order valence-corrected chi connectivity index (χ3v) is 4.45. The largest absolute Gasteiger partial charge is 0.356 e. The van der Waals surface area contributed by atoms with Gasteiger partial charge in [-0.1, -0.05) is 0 Å². The van der Waals surface area contributed by atoms with E-state index in [2.05, 4.69) is 5.32 Å². The average Bonchev–Trinajstić information content (AvgIpc) is 3.35. The molecule has 23 heavy (non-hydrogen) atoms. The molecule has 0 aromatic heterocycles. The molecule has 2 amide bonds. The summed E-state index contributed by atoms with van der Waals surface area (Å²) in [6, 6.07) is 2.80. The van der Waals surface area contributed by atoms with Crippen LogP contribution in [0.4, 0.5) is 8.78 Å². The zero-order valence-electron chi connectivity index (χ0n) is 12.9. The van der Waals surface area contributed by atoms with Crippen LogP contribution in [-0.4, -0.2) is 36.3 Å². The summed E-state index contributed by atoms with van der Waals surface area (Å²) in [6.45, 7) is 1.51. The Balaban J connectivity index is 1.62. The molecule has 2 aliphatic rings. The van der Waals surface area contributed by atoms with Crippen LogP contribution in [0.25, 0.3) is 0 Å². The van der Waals surface area contributed by atoms with Gasteiger partial charge in [-0.25, -0.2) is 8.78 Å². The Morgan fingerprint density at radius 2 is 1.83 bits per heavy atom. The second-order valence-corrected chi connectivity index (χ2v) is 6.44. The SMILES string of the molecule is O=C(NCC1CC1)[C@H]1CCCN(C(=O)c2cc(F)cc(F)c2)C1. The van der Waals surface area contributed by atoms with Gasteiger partial charge < -0.3 is 10.2 Å². The molecular formula is C17H20F2N2O2. The van der Waals surface area contributed by atoms with Gasteiger partial charge in [-0.3, -0.25) is 9.59 Å². The maximum atomic E-state index is 13.3. The number of nitrogens with one attached hydrogen (secondary N) is 1. The van der Waals surface area contributed by atoms with Gasteiger partial charge in [-0.2, -0.15) is 0 Å². The normalized spacial score (nSPS) is 21.1. The second-order valence-electron chi connectivity index (χ2n) is 6.44. The maximum Gasteiger partial charge on any atom is 0.254 e. The van der Waals surface area contributed by atoms with Crippen molar-refractivity contribution in [2.75, 3.05) is 19.6 Å². The fraction of sp³-hybridized carbons (Fsp3) is 0.529. The summed E-state index contributed by atoms with van der Waals surface area (Å²) in [5, 5.41) is 2.93. The van der Waals surface area contributed by atoms with Crippen molar-refractivity contribution in [3.05, 3.63) is 35.4 Å². The molecule has 6 heteroatoms. The molecule has 1 aliphatic carbocycles. The van der Waals surface area contributed by atoms with E-state index in [-0.39, 0.29) is 17.4 Å². The number of nitrogens with zero attached hydrogens (tertiary/aromatic N) is 1. The molecule has 1 aromatic rings. The first-order valence-electron chi connectivity index (χ1n) is 8.06. The third kappa shape index (κ3) is 4.06. The molecular weight excluding hydrogens is 302 g/mol. The van der Waals surface area contributed by atoms with Gasteiger partial charge in [-0.15, -0.1) is 0 Å². The summed E-state index contributed by atoms with van der Waals surface area (Å²) in [5.41, 5.74) is -0.0125. The highest BCUT2D eigenvalue weighted by atomic mass is 19.1. The van der Waals surface area contributed by atoms with Crippen molar-refractivity contribution in [3.63, 3.8) is 0 Å². The van der Waals surface area contributed by atoms with Crippen molar-refractivity contribution in [1.29, 1.82) is 0 Å². The second kappa shape index (κ2) is 6.64. The van der Waals surface area contributed by atoms with Crippen molar-refractivity contribution < 1.29 is 18.4 Å². The standard InChI is InChI=1S/C17H20F2N2O2/c18-14-6-13(7-15(19)8-14)17(23)21-5-1-2-12(10-21)16(22)20-9-11-3-4-11/h6-8,11-12H,1-5,9-10H2,(H,20,22)/t12-/m0/s1. The Hall–Kier alpha value is -1.98. The van der Waals surface area contributed by atoms with Crippen molar-refractivity contribution in [2.24, 2.45) is 11.8 Å². The lowest BCUT2D eigenvalue weighted by molar-refractivity contribution is -0.126. The minimum atomic E-state index is -0.774. The van der Waals surface area contributed by atoms with E-state index in [1.54, 1.807) is 0 Å². The average molecular weight is 322 g/mol. The van der Waals surface area contributed by atoms with Crippen molar-refractivity contribution in [3.8, 4) is 0 Å². The Kier molecular flexibility index (Phi) is 4.59. The minimum Gasteiger partial charge on any atom is -0.356 e. The van der Waals surface area contributed by atoms with E-state index in [1.165, 1.54) is 17.7 Å². The molecule has 1 heterocycles. The number of carbonyl (C=O) groups excluding carboxylic acids is 2. The number of hydrogen-bond donors (Lipinski definition) is 1. The highest BCUT2D eigenvalue weighted by Gasteiger charge is 2.30. The maximum absolute atomic E-state index is 13.3. The predicted molar refractivity (Wildman–Crippen MR) is 80.7 cm³/mol. The Bertz CT molecular complexity index is 596. The quantitative estimate of drug-likeness (QED) is 0.925. The Morgan fingerprint density at radius 1 is 1.13 bits per heavy atom. The van der Waals surface area contributed by atoms with E-state index >= 15 is 0 Å². The molecule has 1 saturated heterocycles. The number of rotatable bonds is 4. The smallest absolute Gasteiger partial charge is 0.254 e. The molecule has 1 atom stereocenters. The summed E-state index contributed by atoms with van der Waals surface area (Å²) in [7, 11) is 0. The molecule has 0 bridgehead atoms. The number of carbonyl (C=O) groups is 2. The van der Waals surface area contributed by atoms with Gasteiger partial charge in [0, 0.05) is 31.3 Å². The van der Waals surface area contributed by atoms with Crippen LogP contribution >= 0.6 is 0 Å². The van der Waals surface area contributed by atoms with Crippen LogP contribution in [0.3, 0.4) is 0 Å². The van der Waals surface area contributed by atoms with Crippen molar-refractivity contribution in [2.45, 2.75) is 25.7 Å². The first kappa shape index (κ1) is 15.9. The van der Waals surface area contributed by atoms with Gasteiger partial charge >= 0.3 is 0 Å². The lowest BCUT2D eigenvalue weighted by Gasteiger charge is -2.32. The van der Waals surface area contributed by atoms with Gasteiger partial charge in [0.2, 0.25) is 5.91 Å². The zero-order chi connectivity index (χ0) is 16.4. The number of likely N-dealkylation sites (tertiary alicyclic amines) is 1. The van der Waals surface area contributed by atoms with Crippen LogP contribution in [0.1, 0.15) is 36.0 Å². The highest BCUT2D eigenvalue weighted by molar-refractivity contribution is 5.94. The molecule has 1 saturated carbocycles. The minimum absolute atomic E-state index is 0.0125. The zero-order valence-corrected chi connectivity index (χ0v) is 12.9. The van der Waals surface area contributed by atoms with Crippen molar-refractivity contribution >= 4 is 11.8 Å². The van der Waals surface area contributed by atoms with Crippen LogP contribution in [0, 0.1) is 23.5 Å². The number of hydrogen-bond acceptors (Lipinski definition) is 2. The molecule has 1 aromatic carbocycles. The summed E-state index contributed by atoms with van der Waals surface area (Å²) in [5.74, 6) is -1.64. The summed E-state index contributed by atoms with van der Waals surface area (Å²) in [4.78, 5) is 26.1. The number of benzene rings is 1. The topological polar surface area (TPSA) is 49.4 Å².